The Morgan fingerprint density at radius 1 is 0.705 bits per heavy atom. The summed E-state index contributed by atoms with van der Waals surface area (Å²) in [7, 11) is 0. The van der Waals surface area contributed by atoms with Gasteiger partial charge in [0.05, 0.1) is 31.6 Å². The quantitative estimate of drug-likeness (QED) is 0.0455. The Hall–Kier alpha value is -4.85. The van der Waals surface area contributed by atoms with Gasteiger partial charge in [0.1, 0.15) is 17.2 Å². The number of esters is 3. The van der Waals surface area contributed by atoms with Crippen molar-refractivity contribution in [2.45, 2.75) is 51.9 Å². The van der Waals surface area contributed by atoms with Gasteiger partial charge < -0.3 is 23.7 Å². The molecule has 0 aromatic heterocycles. The molecule has 3 aromatic carbocycles. The number of carbonyl (C=O) groups is 3. The molecule has 0 spiro atoms. The summed E-state index contributed by atoms with van der Waals surface area (Å²) >= 11 is 0. The van der Waals surface area contributed by atoms with Gasteiger partial charge in [-0.15, -0.1) is 0 Å². The maximum absolute atomic E-state index is 13.0. The first-order chi connectivity index (χ1) is 21.4. The van der Waals surface area contributed by atoms with Crippen LogP contribution < -0.4 is 14.2 Å². The fourth-order valence-electron chi connectivity index (χ4n) is 4.29. The van der Waals surface area contributed by atoms with Gasteiger partial charge in [-0.2, -0.15) is 0 Å². The van der Waals surface area contributed by atoms with E-state index in [1.54, 1.807) is 30.3 Å². The minimum atomic E-state index is -0.429. The van der Waals surface area contributed by atoms with Crippen molar-refractivity contribution in [2.24, 2.45) is 0 Å². The van der Waals surface area contributed by atoms with Crippen molar-refractivity contribution in [2.75, 3.05) is 19.8 Å². The van der Waals surface area contributed by atoms with Crippen molar-refractivity contribution in [3.05, 3.63) is 103 Å². The van der Waals surface area contributed by atoms with Gasteiger partial charge in [-0.1, -0.05) is 44.3 Å². The molecule has 8 heteroatoms. The van der Waals surface area contributed by atoms with Gasteiger partial charge in [-0.25, -0.2) is 9.59 Å². The molecule has 0 radical (unpaired) electrons. The summed E-state index contributed by atoms with van der Waals surface area (Å²) in [6.07, 6.45) is 7.22. The maximum atomic E-state index is 13.0. The Kier molecular flexibility index (Phi) is 14.3. The maximum Gasteiger partial charge on any atom is 0.343 e. The van der Waals surface area contributed by atoms with Gasteiger partial charge in [0.2, 0.25) is 0 Å². The van der Waals surface area contributed by atoms with E-state index < -0.39 is 11.9 Å². The van der Waals surface area contributed by atoms with Crippen LogP contribution in [0.4, 0.5) is 0 Å². The average molecular weight is 601 g/mol. The molecular formula is C36H40O8. The number of benzene rings is 3. The Morgan fingerprint density at radius 3 is 1.93 bits per heavy atom. The summed E-state index contributed by atoms with van der Waals surface area (Å²) < 4.78 is 26.8. The normalized spacial score (nSPS) is 10.4. The predicted molar refractivity (Wildman–Crippen MR) is 169 cm³/mol. The van der Waals surface area contributed by atoms with Crippen LogP contribution in [0, 0.1) is 0 Å². The molecule has 0 heterocycles. The Morgan fingerprint density at radius 2 is 1.30 bits per heavy atom. The highest BCUT2D eigenvalue weighted by Crippen LogP contribution is 2.27. The zero-order chi connectivity index (χ0) is 31.6. The molecule has 0 atom stereocenters. The third kappa shape index (κ3) is 11.4. The van der Waals surface area contributed by atoms with E-state index in [2.05, 4.69) is 13.2 Å². The van der Waals surface area contributed by atoms with Crippen LogP contribution in [-0.2, 0) is 25.5 Å². The highest BCUT2D eigenvalue weighted by Gasteiger charge is 2.15. The minimum Gasteiger partial charge on any atom is -0.494 e. The van der Waals surface area contributed by atoms with Crippen LogP contribution in [-0.4, -0.2) is 37.7 Å². The summed E-state index contributed by atoms with van der Waals surface area (Å²) in [6, 6.07) is 20.5. The van der Waals surface area contributed by atoms with Crippen molar-refractivity contribution in [1.82, 2.24) is 0 Å². The van der Waals surface area contributed by atoms with E-state index in [4.69, 9.17) is 23.7 Å². The molecule has 0 aliphatic rings. The smallest absolute Gasteiger partial charge is 0.343 e. The first-order valence-corrected chi connectivity index (χ1v) is 14.8. The van der Waals surface area contributed by atoms with E-state index in [1.807, 2.05) is 43.3 Å². The molecule has 8 nitrogen and oxygen atoms in total. The average Bonchev–Trinajstić information content (AvgIpc) is 3.05. The number of rotatable bonds is 19. The van der Waals surface area contributed by atoms with Crippen LogP contribution >= 0.6 is 0 Å². The van der Waals surface area contributed by atoms with Crippen molar-refractivity contribution in [1.29, 1.82) is 0 Å². The molecule has 0 aliphatic carbocycles. The van der Waals surface area contributed by atoms with Crippen LogP contribution in [0.3, 0.4) is 0 Å². The SMILES string of the molecule is C=COC(=O)CCCCCOc1ccc(-c2ccc(C(=O)Oc3ccc(OCCCCOC(=O)C=C)cc3)c(CC)c2)cc1. The largest absolute Gasteiger partial charge is 0.494 e. The third-order valence-electron chi connectivity index (χ3n) is 6.66. The molecule has 0 bridgehead atoms. The monoisotopic (exact) mass is 600 g/mol. The molecule has 3 rings (SSSR count). The van der Waals surface area contributed by atoms with Crippen molar-refractivity contribution in [3.63, 3.8) is 0 Å². The lowest BCUT2D eigenvalue weighted by atomic mass is 9.97. The minimum absolute atomic E-state index is 0.264. The van der Waals surface area contributed by atoms with Crippen LogP contribution in [0.15, 0.2) is 92.2 Å². The Labute approximate surface area is 259 Å². The van der Waals surface area contributed by atoms with Gasteiger partial charge in [-0.3, -0.25) is 4.79 Å². The molecular weight excluding hydrogens is 560 g/mol. The van der Waals surface area contributed by atoms with E-state index in [0.29, 0.717) is 56.1 Å². The van der Waals surface area contributed by atoms with E-state index >= 15 is 0 Å². The molecule has 0 fully saturated rings. The summed E-state index contributed by atoms with van der Waals surface area (Å²) in [4.78, 5) is 35.4. The van der Waals surface area contributed by atoms with Crippen LogP contribution in [0.25, 0.3) is 11.1 Å². The number of carbonyl (C=O) groups excluding carboxylic acids is 3. The number of aryl methyl sites for hydroxylation is 1. The van der Waals surface area contributed by atoms with Gasteiger partial charge in [-0.05, 0) is 97.7 Å². The lowest BCUT2D eigenvalue weighted by molar-refractivity contribution is -0.138. The van der Waals surface area contributed by atoms with Crippen LogP contribution in [0.5, 0.6) is 17.2 Å². The zero-order valence-electron chi connectivity index (χ0n) is 25.3. The summed E-state index contributed by atoms with van der Waals surface area (Å²) in [5.41, 5.74) is 3.42. The van der Waals surface area contributed by atoms with Gasteiger partial charge in [0.15, 0.2) is 0 Å². The predicted octanol–water partition coefficient (Wildman–Crippen LogP) is 7.65. The molecule has 0 saturated heterocycles. The molecule has 0 N–H and O–H groups in total. The molecule has 44 heavy (non-hydrogen) atoms. The summed E-state index contributed by atoms with van der Waals surface area (Å²) in [5.74, 6) is 0.749. The second kappa shape index (κ2) is 18.6. The molecule has 0 amide bonds. The topological polar surface area (TPSA) is 97.4 Å². The van der Waals surface area contributed by atoms with Crippen LogP contribution in [0.2, 0.25) is 0 Å². The van der Waals surface area contributed by atoms with Gasteiger partial charge >= 0.3 is 17.9 Å². The highest BCUT2D eigenvalue weighted by atomic mass is 16.5. The third-order valence-corrected chi connectivity index (χ3v) is 6.66. The van der Waals surface area contributed by atoms with E-state index in [-0.39, 0.29) is 5.97 Å². The highest BCUT2D eigenvalue weighted by molar-refractivity contribution is 5.93. The molecule has 232 valence electrons. The number of unbranched alkanes of at least 4 members (excludes halogenated alkanes) is 3. The van der Waals surface area contributed by atoms with Gasteiger partial charge in [0, 0.05) is 12.5 Å². The van der Waals surface area contributed by atoms with E-state index in [0.717, 1.165) is 60.5 Å². The fraction of sp³-hybridized carbons (Fsp3) is 0.306. The van der Waals surface area contributed by atoms with E-state index in [9.17, 15) is 14.4 Å². The second-order valence-corrected chi connectivity index (χ2v) is 9.85. The molecule has 0 aliphatic heterocycles. The fourth-order valence-corrected chi connectivity index (χ4v) is 4.29. The molecule has 3 aromatic rings. The Bertz CT molecular complexity index is 1380. The van der Waals surface area contributed by atoms with Crippen LogP contribution in [0.1, 0.15) is 61.4 Å². The zero-order valence-corrected chi connectivity index (χ0v) is 25.3. The lowest BCUT2D eigenvalue weighted by Crippen LogP contribution is -2.11. The molecule has 0 unspecified atom stereocenters. The van der Waals surface area contributed by atoms with Crippen molar-refractivity contribution >= 4 is 17.9 Å². The van der Waals surface area contributed by atoms with Crippen molar-refractivity contribution < 1.29 is 38.1 Å². The standard InChI is InChI=1S/C36H40O8/c1-4-27-26-29(28-13-16-30(17-14-28)41-23-9-7-8-12-35(38)40-6-3)15-22-33(27)36(39)44-32-20-18-31(19-21-32)42-24-10-11-25-43-34(37)5-2/h5-6,13-22,26H,2-4,7-12,23-25H2,1H3. The Balaban J connectivity index is 1.46. The first kappa shape index (κ1) is 33.6. The number of hydrogen-bond acceptors (Lipinski definition) is 8. The number of hydrogen-bond donors (Lipinski definition) is 0. The van der Waals surface area contributed by atoms with E-state index in [1.165, 1.54) is 0 Å². The summed E-state index contributed by atoms with van der Waals surface area (Å²) in [5, 5.41) is 0. The number of ether oxygens (including phenoxy) is 5. The van der Waals surface area contributed by atoms with Crippen molar-refractivity contribution in [3.8, 4) is 28.4 Å². The van der Waals surface area contributed by atoms with Gasteiger partial charge in [0.25, 0.3) is 0 Å². The second-order valence-electron chi connectivity index (χ2n) is 9.85. The molecule has 0 saturated carbocycles. The summed E-state index contributed by atoms with van der Waals surface area (Å²) in [6.45, 7) is 10.1. The lowest BCUT2D eigenvalue weighted by Gasteiger charge is -2.12. The first-order valence-electron chi connectivity index (χ1n) is 14.8.